The summed E-state index contributed by atoms with van der Waals surface area (Å²) in [4.78, 5) is 41.2. The van der Waals surface area contributed by atoms with Gasteiger partial charge in [-0.3, -0.25) is 9.59 Å². The van der Waals surface area contributed by atoms with Crippen molar-refractivity contribution in [2.45, 2.75) is 76.2 Å². The summed E-state index contributed by atoms with van der Waals surface area (Å²) >= 11 is 0. The molecule has 1 spiro atoms. The predicted octanol–water partition coefficient (Wildman–Crippen LogP) is 5.09. The van der Waals surface area contributed by atoms with Crippen molar-refractivity contribution in [3.8, 4) is 0 Å². The minimum atomic E-state index is -4.72. The molecule has 46 heavy (non-hydrogen) atoms. The normalized spacial score (nSPS) is 20.4. The molecule has 10 nitrogen and oxygen atoms in total. The quantitative estimate of drug-likeness (QED) is 0.404. The molecule has 0 unspecified atom stereocenters. The summed E-state index contributed by atoms with van der Waals surface area (Å²) in [6, 6.07) is 9.68. The third kappa shape index (κ3) is 4.91. The monoisotopic (exact) mass is 636 g/mol. The van der Waals surface area contributed by atoms with Gasteiger partial charge in [-0.05, 0) is 80.0 Å². The second kappa shape index (κ2) is 10.3. The molecule has 0 bridgehead atoms. The van der Waals surface area contributed by atoms with Gasteiger partial charge in [0.1, 0.15) is 18.8 Å². The molecule has 3 amide bonds. The predicted molar refractivity (Wildman–Crippen MR) is 160 cm³/mol. The summed E-state index contributed by atoms with van der Waals surface area (Å²) in [5.74, 6) is 0.238. The number of likely N-dealkylation sites (tertiary alicyclic amines) is 1. The summed E-state index contributed by atoms with van der Waals surface area (Å²) in [5.41, 5.74) is -0.582. The van der Waals surface area contributed by atoms with Crippen LogP contribution in [0.1, 0.15) is 84.4 Å². The molecular formula is C33H35F3N6O4. The van der Waals surface area contributed by atoms with E-state index < -0.39 is 35.8 Å². The molecular weight excluding hydrogens is 601 g/mol. The fourth-order valence-electron chi connectivity index (χ4n) is 7.89. The third-order valence-corrected chi connectivity index (χ3v) is 10.3. The van der Waals surface area contributed by atoms with Gasteiger partial charge in [0.2, 0.25) is 5.91 Å². The number of rotatable bonds is 6. The van der Waals surface area contributed by atoms with Crippen LogP contribution in [-0.2, 0) is 41.3 Å². The zero-order valence-electron chi connectivity index (χ0n) is 25.9. The Morgan fingerprint density at radius 1 is 1.11 bits per heavy atom. The first-order chi connectivity index (χ1) is 21.7. The molecule has 242 valence electrons. The first-order valence-corrected chi connectivity index (χ1v) is 15.4. The van der Waals surface area contributed by atoms with Crippen LogP contribution in [0.2, 0.25) is 0 Å². The summed E-state index contributed by atoms with van der Waals surface area (Å²) < 4.78 is 50.1. The smallest absolute Gasteiger partial charge is 0.416 e. The van der Waals surface area contributed by atoms with E-state index >= 15 is 0 Å². The number of alkyl carbamates (subject to hydrolysis) is 1. The van der Waals surface area contributed by atoms with Crippen molar-refractivity contribution < 1.29 is 32.3 Å². The Morgan fingerprint density at radius 2 is 1.85 bits per heavy atom. The van der Waals surface area contributed by atoms with Crippen LogP contribution in [0.25, 0.3) is 0 Å². The third-order valence-electron chi connectivity index (χ3n) is 10.3. The number of anilines is 1. The number of aryl methyl sites for hydroxylation is 1. The zero-order valence-corrected chi connectivity index (χ0v) is 25.9. The van der Waals surface area contributed by atoms with E-state index in [0.717, 1.165) is 49.6 Å². The minimum Gasteiger partial charge on any atom is -0.445 e. The van der Waals surface area contributed by atoms with Crippen LogP contribution in [0.15, 0.2) is 42.7 Å². The highest BCUT2D eigenvalue weighted by molar-refractivity contribution is 6.10. The first kappa shape index (κ1) is 30.2. The molecule has 7 rings (SSSR count). The van der Waals surface area contributed by atoms with Crippen LogP contribution in [0.5, 0.6) is 0 Å². The van der Waals surface area contributed by atoms with Crippen molar-refractivity contribution in [1.82, 2.24) is 25.0 Å². The molecule has 4 aliphatic rings. The van der Waals surface area contributed by atoms with Gasteiger partial charge >= 0.3 is 12.3 Å². The molecule has 1 aromatic heterocycles. The maximum Gasteiger partial charge on any atom is 0.416 e. The van der Waals surface area contributed by atoms with E-state index in [1.165, 1.54) is 11.0 Å². The Balaban J connectivity index is 1.16. The highest BCUT2D eigenvalue weighted by Crippen LogP contribution is 2.62. The number of hydrogen-bond acceptors (Lipinski definition) is 6. The number of halogens is 3. The molecule has 3 fully saturated rings. The number of amides is 3. The second-order valence-corrected chi connectivity index (χ2v) is 13.8. The van der Waals surface area contributed by atoms with E-state index in [2.05, 4.69) is 15.5 Å². The SMILES string of the molecule is CC(=O)N1CC2(C1)CC(c1cccc(N3Cc4c(cc(COC(=O)NC5(C)CCC5)cc4C(F)(F)F)C3=O)c1)(c1nncn1C)C2. The Morgan fingerprint density at radius 3 is 2.46 bits per heavy atom. The number of aromatic nitrogens is 3. The van der Waals surface area contributed by atoms with Crippen molar-refractivity contribution in [2.24, 2.45) is 12.5 Å². The topological polar surface area (TPSA) is 110 Å². The fourth-order valence-corrected chi connectivity index (χ4v) is 7.89. The molecule has 13 heteroatoms. The van der Waals surface area contributed by atoms with E-state index in [4.69, 9.17) is 4.74 Å². The van der Waals surface area contributed by atoms with E-state index in [1.807, 2.05) is 35.6 Å². The lowest BCUT2D eigenvalue weighted by Crippen LogP contribution is -2.68. The Labute approximate surface area is 263 Å². The Kier molecular flexibility index (Phi) is 6.77. The van der Waals surface area contributed by atoms with Gasteiger partial charge in [0.15, 0.2) is 0 Å². The number of hydrogen-bond donors (Lipinski definition) is 1. The molecule has 3 aromatic rings. The van der Waals surface area contributed by atoms with Gasteiger partial charge < -0.3 is 24.4 Å². The zero-order chi connectivity index (χ0) is 32.6. The van der Waals surface area contributed by atoms with Crippen molar-refractivity contribution >= 4 is 23.6 Å². The summed E-state index contributed by atoms with van der Waals surface area (Å²) in [6.45, 7) is 4.13. The summed E-state index contributed by atoms with van der Waals surface area (Å²) in [7, 11) is 1.87. The highest BCUT2D eigenvalue weighted by atomic mass is 19.4. The number of alkyl halides is 3. The van der Waals surface area contributed by atoms with Crippen LogP contribution < -0.4 is 10.2 Å². The van der Waals surface area contributed by atoms with Gasteiger partial charge in [-0.15, -0.1) is 10.2 Å². The number of carbonyl (C=O) groups excluding carboxylic acids is 3. The van der Waals surface area contributed by atoms with Crippen LogP contribution >= 0.6 is 0 Å². The number of ether oxygens (including phenoxy) is 1. The lowest BCUT2D eigenvalue weighted by Gasteiger charge is -2.63. The average Bonchev–Trinajstić information content (AvgIpc) is 3.52. The molecule has 0 radical (unpaired) electrons. The fraction of sp³-hybridized carbons (Fsp3) is 0.485. The lowest BCUT2D eigenvalue weighted by atomic mass is 9.47. The number of fused-ring (bicyclic) bond motifs is 1. The minimum absolute atomic E-state index is 0.0371. The van der Waals surface area contributed by atoms with Gasteiger partial charge in [0.05, 0.1) is 17.5 Å². The standard InChI is InChI=1S/C33H35F3N6O4/c1-20(43)41-17-31(18-41)15-32(16-31,28-39-37-19-40(28)3)22-6-4-7-23(12-22)42-13-25-24(27(42)44)10-21(11-26(25)33(34,35)36)14-46-29(45)38-30(2)8-5-9-30/h4,6-7,10-12,19H,5,8-9,13-18H2,1-3H3,(H,38,45). The Bertz CT molecular complexity index is 1750. The van der Waals surface area contributed by atoms with Crippen molar-refractivity contribution in [3.63, 3.8) is 0 Å². The van der Waals surface area contributed by atoms with Crippen LogP contribution in [0, 0.1) is 5.41 Å². The molecule has 2 aliphatic heterocycles. The number of benzene rings is 2. The van der Waals surface area contributed by atoms with Crippen molar-refractivity contribution in [2.75, 3.05) is 18.0 Å². The second-order valence-electron chi connectivity index (χ2n) is 13.8. The first-order valence-electron chi connectivity index (χ1n) is 15.4. The van der Waals surface area contributed by atoms with Gasteiger partial charge in [-0.1, -0.05) is 12.1 Å². The van der Waals surface area contributed by atoms with Crippen LogP contribution in [0.3, 0.4) is 0 Å². The molecule has 2 aliphatic carbocycles. The molecule has 1 saturated heterocycles. The van der Waals surface area contributed by atoms with Gasteiger partial charge in [0, 0.05) is 49.3 Å². The summed E-state index contributed by atoms with van der Waals surface area (Å²) in [5, 5.41) is 11.3. The van der Waals surface area contributed by atoms with E-state index in [1.54, 1.807) is 25.4 Å². The van der Waals surface area contributed by atoms with E-state index in [-0.39, 0.29) is 40.1 Å². The molecule has 1 N–H and O–H groups in total. The number of nitrogens with one attached hydrogen (secondary N) is 1. The van der Waals surface area contributed by atoms with Gasteiger partial charge in [0.25, 0.3) is 5.91 Å². The maximum absolute atomic E-state index is 14.3. The molecule has 0 atom stereocenters. The number of carbonyl (C=O) groups is 3. The highest BCUT2D eigenvalue weighted by Gasteiger charge is 2.63. The molecule has 3 heterocycles. The van der Waals surface area contributed by atoms with Gasteiger partial charge in [-0.2, -0.15) is 13.2 Å². The van der Waals surface area contributed by atoms with Gasteiger partial charge in [-0.25, -0.2) is 4.79 Å². The largest absolute Gasteiger partial charge is 0.445 e. The van der Waals surface area contributed by atoms with E-state index in [9.17, 15) is 27.6 Å². The van der Waals surface area contributed by atoms with Crippen LogP contribution in [0.4, 0.5) is 23.7 Å². The van der Waals surface area contributed by atoms with Crippen molar-refractivity contribution in [1.29, 1.82) is 0 Å². The Hall–Kier alpha value is -4.42. The van der Waals surface area contributed by atoms with Crippen LogP contribution in [-0.4, -0.2) is 56.2 Å². The number of nitrogens with zero attached hydrogens (tertiary/aromatic N) is 5. The molecule has 2 saturated carbocycles. The van der Waals surface area contributed by atoms with Crippen molar-refractivity contribution in [3.05, 3.63) is 76.4 Å². The average molecular weight is 637 g/mol. The summed E-state index contributed by atoms with van der Waals surface area (Å²) in [6.07, 6.45) is 0.266. The lowest BCUT2D eigenvalue weighted by molar-refractivity contribution is -0.154. The maximum atomic E-state index is 14.3. The molecule has 2 aromatic carbocycles. The van der Waals surface area contributed by atoms with E-state index in [0.29, 0.717) is 18.8 Å².